The molecule has 5 nitrogen and oxygen atoms in total. The van der Waals surface area contributed by atoms with E-state index in [4.69, 9.17) is 10.5 Å². The van der Waals surface area contributed by atoms with E-state index in [9.17, 15) is 4.79 Å². The van der Waals surface area contributed by atoms with Crippen LogP contribution in [0, 0.1) is 0 Å². The molecule has 2 heterocycles. The number of halogens is 1. The Balaban J connectivity index is 1.73. The van der Waals surface area contributed by atoms with Crippen molar-refractivity contribution in [2.75, 3.05) is 25.1 Å². The number of ether oxygens (including phenoxy) is 1. The number of methoxy groups -OCH3 is 1. The zero-order valence-corrected chi connectivity index (χ0v) is 18.8. The Hall–Kier alpha value is -1.57. The van der Waals surface area contributed by atoms with Crippen LogP contribution >= 0.6 is 27.3 Å². The molecule has 2 N–H and O–H groups in total. The van der Waals surface area contributed by atoms with Gasteiger partial charge in [-0.1, -0.05) is 0 Å². The van der Waals surface area contributed by atoms with E-state index in [2.05, 4.69) is 55.5 Å². The van der Waals surface area contributed by atoms with Crippen LogP contribution in [0.25, 0.3) is 0 Å². The molecule has 0 bridgehead atoms. The van der Waals surface area contributed by atoms with E-state index < -0.39 is 0 Å². The first-order chi connectivity index (χ1) is 13.5. The summed E-state index contributed by atoms with van der Waals surface area (Å²) >= 11 is 5.40. The molecule has 1 aliphatic heterocycles. The molecule has 7 heteroatoms. The number of hydrogen-bond donors (Lipinski definition) is 1. The van der Waals surface area contributed by atoms with Crippen molar-refractivity contribution in [1.29, 1.82) is 0 Å². The van der Waals surface area contributed by atoms with Crippen LogP contribution in [0.15, 0.2) is 39.5 Å². The fourth-order valence-electron chi connectivity index (χ4n) is 3.87. The maximum atomic E-state index is 11.2. The topological polar surface area (TPSA) is 58.8 Å². The largest absolute Gasteiger partial charge is 0.497 e. The second-order valence-electron chi connectivity index (χ2n) is 7.36. The van der Waals surface area contributed by atoms with Gasteiger partial charge in [-0.3, -0.25) is 9.69 Å². The minimum atomic E-state index is -0.225. The number of nitrogens with zero attached hydrogens (tertiary/aromatic N) is 2. The van der Waals surface area contributed by atoms with Crippen LogP contribution in [-0.4, -0.2) is 43.1 Å². The van der Waals surface area contributed by atoms with Crippen molar-refractivity contribution in [2.24, 2.45) is 5.73 Å². The SMILES string of the molecule is COc1ccc(N(Cc2cscc2Br)C2CCN([C@H](C)CC(N)=O)CC2)cc1. The summed E-state index contributed by atoms with van der Waals surface area (Å²) in [5.41, 5.74) is 7.90. The van der Waals surface area contributed by atoms with Gasteiger partial charge in [0.05, 0.1) is 7.11 Å². The third kappa shape index (κ3) is 5.27. The van der Waals surface area contributed by atoms with E-state index in [1.807, 2.05) is 12.1 Å². The molecule has 1 fully saturated rings. The van der Waals surface area contributed by atoms with Crippen molar-refractivity contribution in [3.63, 3.8) is 0 Å². The summed E-state index contributed by atoms with van der Waals surface area (Å²) in [6.07, 6.45) is 2.56. The highest BCUT2D eigenvalue weighted by atomic mass is 79.9. The normalized spacial score (nSPS) is 16.7. The van der Waals surface area contributed by atoms with Gasteiger partial charge in [-0.25, -0.2) is 0 Å². The van der Waals surface area contributed by atoms with Crippen LogP contribution in [0.5, 0.6) is 5.75 Å². The zero-order chi connectivity index (χ0) is 20.1. The molecule has 3 rings (SSSR count). The first kappa shape index (κ1) is 21.1. The molecule has 1 aliphatic rings. The minimum absolute atomic E-state index is 0.207. The Kier molecular flexibility index (Phi) is 7.37. The molecule has 2 aromatic rings. The summed E-state index contributed by atoms with van der Waals surface area (Å²) in [7, 11) is 1.69. The summed E-state index contributed by atoms with van der Waals surface area (Å²) in [4.78, 5) is 16.1. The van der Waals surface area contributed by atoms with Crippen LogP contribution in [-0.2, 0) is 11.3 Å². The number of anilines is 1. The summed E-state index contributed by atoms with van der Waals surface area (Å²) in [6.45, 7) is 4.93. The van der Waals surface area contributed by atoms with Crippen molar-refractivity contribution in [3.05, 3.63) is 45.1 Å². The molecule has 0 unspecified atom stereocenters. The van der Waals surface area contributed by atoms with Gasteiger partial charge in [0, 0.05) is 53.7 Å². The molecule has 0 saturated carbocycles. The van der Waals surface area contributed by atoms with Crippen molar-refractivity contribution in [3.8, 4) is 5.75 Å². The highest BCUT2D eigenvalue weighted by Crippen LogP contribution is 2.31. The number of amides is 1. The summed E-state index contributed by atoms with van der Waals surface area (Å²) in [5, 5.41) is 4.35. The van der Waals surface area contributed by atoms with Gasteiger partial charge in [0.15, 0.2) is 0 Å². The maximum absolute atomic E-state index is 11.2. The lowest BCUT2D eigenvalue weighted by Crippen LogP contribution is -2.48. The Bertz CT molecular complexity index is 772. The number of thiophene rings is 1. The molecule has 0 aliphatic carbocycles. The molecular formula is C21H28BrN3O2S. The van der Waals surface area contributed by atoms with Gasteiger partial charge in [-0.05, 0) is 70.9 Å². The van der Waals surface area contributed by atoms with Crippen molar-refractivity contribution in [1.82, 2.24) is 4.90 Å². The standard InChI is InChI=1S/C21H28BrN3O2S/c1-15(11-21(23)26)24-9-7-18(8-10-24)25(12-16-13-28-14-20(16)22)17-3-5-19(27-2)6-4-17/h3-6,13-15,18H,7-12H2,1-2H3,(H2,23,26)/t15-/m1/s1. The minimum Gasteiger partial charge on any atom is -0.497 e. The number of nitrogens with two attached hydrogens (primary N) is 1. The van der Waals surface area contributed by atoms with Gasteiger partial charge >= 0.3 is 0 Å². The number of likely N-dealkylation sites (tertiary alicyclic amines) is 1. The van der Waals surface area contributed by atoms with Crippen molar-refractivity contribution >= 4 is 38.9 Å². The van der Waals surface area contributed by atoms with Crippen LogP contribution in [0.4, 0.5) is 5.69 Å². The van der Waals surface area contributed by atoms with E-state index >= 15 is 0 Å². The van der Waals surface area contributed by atoms with Crippen LogP contribution < -0.4 is 15.4 Å². The monoisotopic (exact) mass is 465 g/mol. The maximum Gasteiger partial charge on any atom is 0.218 e. The number of carbonyl (C=O) groups excluding carboxylic acids is 1. The summed E-state index contributed by atoms with van der Waals surface area (Å²) < 4.78 is 6.49. The Labute approximate surface area is 179 Å². The first-order valence-electron chi connectivity index (χ1n) is 9.61. The second kappa shape index (κ2) is 9.76. The molecular weight excluding hydrogens is 438 g/mol. The number of rotatable bonds is 8. The van der Waals surface area contributed by atoms with E-state index in [-0.39, 0.29) is 11.9 Å². The quantitative estimate of drug-likeness (QED) is 0.632. The van der Waals surface area contributed by atoms with Crippen LogP contribution in [0.3, 0.4) is 0 Å². The second-order valence-corrected chi connectivity index (χ2v) is 8.96. The third-order valence-electron chi connectivity index (χ3n) is 5.49. The Morgan fingerprint density at radius 3 is 2.54 bits per heavy atom. The zero-order valence-electron chi connectivity index (χ0n) is 16.4. The Morgan fingerprint density at radius 2 is 2.00 bits per heavy atom. The lowest BCUT2D eigenvalue weighted by Gasteiger charge is -2.41. The smallest absolute Gasteiger partial charge is 0.218 e. The molecule has 1 aromatic heterocycles. The molecule has 152 valence electrons. The lowest BCUT2D eigenvalue weighted by molar-refractivity contribution is -0.119. The van der Waals surface area contributed by atoms with Crippen molar-refractivity contribution in [2.45, 2.75) is 44.8 Å². The molecule has 1 amide bonds. The molecule has 1 atom stereocenters. The van der Waals surface area contributed by atoms with E-state index in [0.29, 0.717) is 12.5 Å². The fourth-order valence-corrected chi connectivity index (χ4v) is 5.29. The molecule has 0 spiro atoms. The van der Waals surface area contributed by atoms with Gasteiger partial charge in [0.25, 0.3) is 0 Å². The van der Waals surface area contributed by atoms with Gasteiger partial charge in [-0.15, -0.1) is 0 Å². The van der Waals surface area contributed by atoms with Crippen LogP contribution in [0.2, 0.25) is 0 Å². The van der Waals surface area contributed by atoms with E-state index in [0.717, 1.165) is 38.2 Å². The lowest BCUT2D eigenvalue weighted by atomic mass is 9.99. The van der Waals surface area contributed by atoms with Gasteiger partial charge in [0.1, 0.15) is 5.75 Å². The number of benzene rings is 1. The average Bonchev–Trinajstić information content (AvgIpc) is 3.10. The number of carbonyl (C=O) groups is 1. The van der Waals surface area contributed by atoms with Crippen LogP contribution in [0.1, 0.15) is 31.7 Å². The van der Waals surface area contributed by atoms with Gasteiger partial charge < -0.3 is 15.4 Å². The third-order valence-corrected chi connectivity index (χ3v) is 7.33. The first-order valence-corrected chi connectivity index (χ1v) is 11.3. The van der Waals surface area contributed by atoms with Crippen molar-refractivity contribution < 1.29 is 9.53 Å². The highest BCUT2D eigenvalue weighted by molar-refractivity contribution is 9.10. The number of hydrogen-bond acceptors (Lipinski definition) is 5. The molecule has 1 saturated heterocycles. The summed E-state index contributed by atoms with van der Waals surface area (Å²) in [6, 6.07) is 8.99. The molecule has 1 aromatic carbocycles. The number of primary amides is 1. The van der Waals surface area contributed by atoms with E-state index in [1.54, 1.807) is 18.4 Å². The number of piperidine rings is 1. The predicted octanol–water partition coefficient (Wildman–Crippen LogP) is 4.25. The van der Waals surface area contributed by atoms with Gasteiger partial charge in [-0.2, -0.15) is 11.3 Å². The summed E-state index contributed by atoms with van der Waals surface area (Å²) in [5.74, 6) is 0.646. The molecule has 28 heavy (non-hydrogen) atoms. The predicted molar refractivity (Wildman–Crippen MR) is 119 cm³/mol. The highest BCUT2D eigenvalue weighted by Gasteiger charge is 2.28. The molecule has 0 radical (unpaired) electrons. The van der Waals surface area contributed by atoms with Gasteiger partial charge in [0.2, 0.25) is 5.91 Å². The fraction of sp³-hybridized carbons (Fsp3) is 0.476. The Morgan fingerprint density at radius 1 is 1.32 bits per heavy atom. The average molecular weight is 466 g/mol. The van der Waals surface area contributed by atoms with E-state index in [1.165, 1.54) is 15.7 Å².